The van der Waals surface area contributed by atoms with Crippen LogP contribution in [0.5, 0.6) is 0 Å². The number of carboxylic acid groups (broad SMARTS) is 1. The third-order valence-electron chi connectivity index (χ3n) is 4.99. The summed E-state index contributed by atoms with van der Waals surface area (Å²) in [6, 6.07) is 0. The van der Waals surface area contributed by atoms with Crippen molar-refractivity contribution in [2.45, 2.75) is 52.0 Å². The number of carboxylic acids is 1. The quantitative estimate of drug-likeness (QED) is 0.744. The molecule has 0 amide bonds. The van der Waals surface area contributed by atoms with Crippen LogP contribution in [0.15, 0.2) is 0 Å². The summed E-state index contributed by atoms with van der Waals surface area (Å²) in [4.78, 5) is 13.9. The molecule has 19 heavy (non-hydrogen) atoms. The summed E-state index contributed by atoms with van der Waals surface area (Å²) < 4.78 is 0. The lowest BCUT2D eigenvalue weighted by Gasteiger charge is -2.36. The molecule has 1 fully saturated rings. The minimum absolute atomic E-state index is 0.631. The Morgan fingerprint density at radius 1 is 1.42 bits per heavy atom. The van der Waals surface area contributed by atoms with Gasteiger partial charge in [-0.2, -0.15) is 0 Å². The minimum Gasteiger partial charge on any atom is -0.480 e. The van der Waals surface area contributed by atoms with Gasteiger partial charge in [0.15, 0.2) is 0 Å². The van der Waals surface area contributed by atoms with E-state index in [1.165, 1.54) is 6.42 Å². The van der Waals surface area contributed by atoms with E-state index in [1.807, 2.05) is 6.92 Å². The van der Waals surface area contributed by atoms with Crippen LogP contribution in [-0.4, -0.2) is 48.2 Å². The molecule has 0 bridgehead atoms. The minimum atomic E-state index is -0.741. The fraction of sp³-hybridized carbons (Fsp3) is 0.933. The average molecular weight is 270 g/mol. The molecular formula is C15H30N2O2. The second-order valence-electron chi connectivity index (χ2n) is 6.14. The fourth-order valence-corrected chi connectivity index (χ4v) is 3.00. The lowest BCUT2D eigenvalue weighted by atomic mass is 9.87. The number of carbonyl (C=O) groups is 1. The van der Waals surface area contributed by atoms with E-state index in [0.717, 1.165) is 37.9 Å². The molecule has 0 aromatic rings. The SMILES string of the molecule is CCC(CCCN1CCC(C)C(C)C1)(NC)C(=O)O. The topological polar surface area (TPSA) is 52.6 Å². The summed E-state index contributed by atoms with van der Waals surface area (Å²) in [5.41, 5.74) is -0.741. The van der Waals surface area contributed by atoms with Crippen molar-refractivity contribution in [3.05, 3.63) is 0 Å². The lowest BCUT2D eigenvalue weighted by Crippen LogP contribution is -2.50. The van der Waals surface area contributed by atoms with Crippen molar-refractivity contribution < 1.29 is 9.90 Å². The maximum Gasteiger partial charge on any atom is 0.323 e. The molecule has 3 atom stereocenters. The molecule has 1 saturated heterocycles. The first-order chi connectivity index (χ1) is 8.95. The zero-order chi connectivity index (χ0) is 14.5. The van der Waals surface area contributed by atoms with Gasteiger partial charge in [0.1, 0.15) is 5.54 Å². The van der Waals surface area contributed by atoms with Crippen molar-refractivity contribution in [1.82, 2.24) is 10.2 Å². The zero-order valence-corrected chi connectivity index (χ0v) is 12.9. The summed E-state index contributed by atoms with van der Waals surface area (Å²) in [5, 5.41) is 12.4. The maximum absolute atomic E-state index is 11.4. The Labute approximate surface area is 117 Å². The zero-order valence-electron chi connectivity index (χ0n) is 12.9. The Morgan fingerprint density at radius 3 is 2.58 bits per heavy atom. The lowest BCUT2D eigenvalue weighted by molar-refractivity contribution is -0.145. The normalized spacial score (nSPS) is 28.0. The first-order valence-corrected chi connectivity index (χ1v) is 7.60. The van der Waals surface area contributed by atoms with E-state index in [2.05, 4.69) is 24.1 Å². The van der Waals surface area contributed by atoms with Gasteiger partial charge in [0.25, 0.3) is 0 Å². The van der Waals surface area contributed by atoms with Gasteiger partial charge >= 0.3 is 5.97 Å². The Morgan fingerprint density at radius 2 is 2.11 bits per heavy atom. The van der Waals surface area contributed by atoms with Crippen LogP contribution >= 0.6 is 0 Å². The van der Waals surface area contributed by atoms with Gasteiger partial charge in [-0.3, -0.25) is 4.79 Å². The number of likely N-dealkylation sites (N-methyl/N-ethyl adjacent to an activating group) is 1. The maximum atomic E-state index is 11.4. The van der Waals surface area contributed by atoms with Gasteiger partial charge in [-0.1, -0.05) is 20.8 Å². The second-order valence-corrected chi connectivity index (χ2v) is 6.14. The molecule has 0 radical (unpaired) electrons. The molecule has 4 nitrogen and oxygen atoms in total. The van der Waals surface area contributed by atoms with Crippen LogP contribution in [0.25, 0.3) is 0 Å². The van der Waals surface area contributed by atoms with E-state index in [9.17, 15) is 9.90 Å². The molecule has 4 heteroatoms. The summed E-state index contributed by atoms with van der Waals surface area (Å²) in [6.07, 6.45) is 3.55. The van der Waals surface area contributed by atoms with Crippen LogP contribution in [0.1, 0.15) is 46.5 Å². The van der Waals surface area contributed by atoms with Gasteiger partial charge < -0.3 is 15.3 Å². The molecule has 0 aromatic carbocycles. The summed E-state index contributed by atoms with van der Waals surface area (Å²) in [5.74, 6) is 0.855. The molecule has 0 aliphatic carbocycles. The largest absolute Gasteiger partial charge is 0.480 e. The van der Waals surface area contributed by atoms with Crippen molar-refractivity contribution >= 4 is 5.97 Å². The van der Waals surface area contributed by atoms with Crippen LogP contribution in [0.3, 0.4) is 0 Å². The predicted molar refractivity (Wildman–Crippen MR) is 78.3 cm³/mol. The number of likely N-dealkylation sites (tertiary alicyclic amines) is 1. The molecule has 1 rings (SSSR count). The highest BCUT2D eigenvalue weighted by Gasteiger charge is 2.34. The van der Waals surface area contributed by atoms with Gasteiger partial charge in [0.2, 0.25) is 0 Å². The van der Waals surface area contributed by atoms with E-state index in [-0.39, 0.29) is 0 Å². The Hall–Kier alpha value is -0.610. The molecule has 0 spiro atoms. The van der Waals surface area contributed by atoms with Crippen LogP contribution < -0.4 is 5.32 Å². The predicted octanol–water partition coefficient (Wildman–Crippen LogP) is 2.20. The number of piperidine rings is 1. The van der Waals surface area contributed by atoms with Gasteiger partial charge in [-0.05, 0) is 57.7 Å². The Kier molecular flexibility index (Phi) is 6.27. The van der Waals surface area contributed by atoms with Gasteiger partial charge in [0, 0.05) is 6.54 Å². The van der Waals surface area contributed by atoms with Crippen LogP contribution in [0.2, 0.25) is 0 Å². The molecule has 1 aliphatic rings. The van der Waals surface area contributed by atoms with Crippen LogP contribution in [0, 0.1) is 11.8 Å². The van der Waals surface area contributed by atoms with E-state index in [4.69, 9.17) is 0 Å². The third-order valence-corrected chi connectivity index (χ3v) is 4.99. The van der Waals surface area contributed by atoms with E-state index >= 15 is 0 Å². The number of hydrogen-bond acceptors (Lipinski definition) is 3. The van der Waals surface area contributed by atoms with Crippen molar-refractivity contribution in [2.75, 3.05) is 26.7 Å². The first kappa shape index (κ1) is 16.4. The highest BCUT2D eigenvalue weighted by molar-refractivity contribution is 5.78. The number of aliphatic carboxylic acids is 1. The van der Waals surface area contributed by atoms with Gasteiger partial charge in [0.05, 0.1) is 0 Å². The van der Waals surface area contributed by atoms with Crippen LogP contribution in [0.4, 0.5) is 0 Å². The Bertz CT molecular complexity index is 290. The molecule has 2 N–H and O–H groups in total. The molecule has 0 aromatic heterocycles. The first-order valence-electron chi connectivity index (χ1n) is 7.60. The van der Waals surface area contributed by atoms with E-state index < -0.39 is 11.5 Å². The fourth-order valence-electron chi connectivity index (χ4n) is 3.00. The van der Waals surface area contributed by atoms with E-state index in [0.29, 0.717) is 12.8 Å². The highest BCUT2D eigenvalue weighted by atomic mass is 16.4. The van der Waals surface area contributed by atoms with Crippen LogP contribution in [-0.2, 0) is 4.79 Å². The average Bonchev–Trinajstić information content (AvgIpc) is 2.39. The number of nitrogens with zero attached hydrogens (tertiary/aromatic N) is 1. The van der Waals surface area contributed by atoms with Gasteiger partial charge in [-0.15, -0.1) is 0 Å². The molecule has 1 aliphatic heterocycles. The summed E-state index contributed by atoms with van der Waals surface area (Å²) in [7, 11) is 1.75. The molecule has 1 heterocycles. The standard InChI is InChI=1S/C15H30N2O2/c1-5-15(16-4,14(18)19)8-6-9-17-10-7-12(2)13(3)11-17/h12-13,16H,5-11H2,1-4H3,(H,18,19). The van der Waals surface area contributed by atoms with Gasteiger partial charge in [-0.25, -0.2) is 0 Å². The van der Waals surface area contributed by atoms with Crippen molar-refractivity contribution in [3.8, 4) is 0 Å². The van der Waals surface area contributed by atoms with Crippen molar-refractivity contribution in [1.29, 1.82) is 0 Å². The number of hydrogen-bond donors (Lipinski definition) is 2. The monoisotopic (exact) mass is 270 g/mol. The van der Waals surface area contributed by atoms with E-state index in [1.54, 1.807) is 7.05 Å². The van der Waals surface area contributed by atoms with Crippen molar-refractivity contribution in [3.63, 3.8) is 0 Å². The summed E-state index contributed by atoms with van der Waals surface area (Å²) in [6.45, 7) is 9.93. The molecule has 3 unspecified atom stereocenters. The highest BCUT2D eigenvalue weighted by Crippen LogP contribution is 2.23. The molecular weight excluding hydrogens is 240 g/mol. The smallest absolute Gasteiger partial charge is 0.323 e. The number of nitrogens with one attached hydrogen (secondary N) is 1. The molecule has 0 saturated carbocycles. The second kappa shape index (κ2) is 7.25. The van der Waals surface area contributed by atoms with Crippen molar-refractivity contribution in [2.24, 2.45) is 11.8 Å². The Balaban J connectivity index is 2.39. The summed E-state index contributed by atoms with van der Waals surface area (Å²) >= 11 is 0. The third kappa shape index (κ3) is 4.18. The molecule has 112 valence electrons. The number of rotatable bonds is 7.